The van der Waals surface area contributed by atoms with Crippen molar-refractivity contribution in [3.05, 3.63) is 21.9 Å². The maximum Gasteiger partial charge on any atom is 0.263 e. The first-order valence-corrected chi connectivity index (χ1v) is 9.95. The van der Waals surface area contributed by atoms with Crippen LogP contribution in [0.15, 0.2) is 11.4 Å². The minimum absolute atomic E-state index is 0.0300. The molecule has 1 aromatic rings. The quantitative estimate of drug-likeness (QED) is 0.853. The van der Waals surface area contributed by atoms with Crippen LogP contribution >= 0.6 is 11.3 Å². The van der Waals surface area contributed by atoms with E-state index in [4.69, 9.17) is 0 Å². The van der Waals surface area contributed by atoms with Gasteiger partial charge in [-0.1, -0.05) is 13.8 Å². The smallest absolute Gasteiger partial charge is 0.263 e. The third kappa shape index (κ3) is 4.07. The lowest BCUT2D eigenvalue weighted by atomic mass is 10.1. The zero-order valence-electron chi connectivity index (χ0n) is 12.8. The van der Waals surface area contributed by atoms with E-state index in [2.05, 4.69) is 0 Å². The molecule has 2 rings (SSSR count). The lowest BCUT2D eigenvalue weighted by molar-refractivity contribution is 0.0732. The Kier molecular flexibility index (Phi) is 5.09. The number of sulfone groups is 1. The standard InChI is InChI=1S/C15H23NO3S2/c1-11(2)10-21(18,19)13-5-4-6-16(8-13)15(17)14-7-12(3)9-20-14/h7,9,11,13H,4-6,8,10H2,1-3H3. The molecule has 0 aromatic carbocycles. The Balaban J connectivity index is 2.09. The van der Waals surface area contributed by atoms with Gasteiger partial charge in [0, 0.05) is 13.1 Å². The Labute approximate surface area is 131 Å². The number of hydrogen-bond acceptors (Lipinski definition) is 4. The van der Waals surface area contributed by atoms with E-state index in [1.54, 1.807) is 4.90 Å². The van der Waals surface area contributed by atoms with E-state index in [1.165, 1.54) is 11.3 Å². The Morgan fingerprint density at radius 2 is 2.19 bits per heavy atom. The van der Waals surface area contributed by atoms with Crippen LogP contribution in [0.2, 0.25) is 0 Å². The van der Waals surface area contributed by atoms with Gasteiger partial charge in [0.15, 0.2) is 9.84 Å². The highest BCUT2D eigenvalue weighted by Crippen LogP contribution is 2.23. The molecule has 1 amide bonds. The first-order chi connectivity index (χ1) is 9.79. The molecule has 4 nitrogen and oxygen atoms in total. The number of piperidine rings is 1. The molecule has 6 heteroatoms. The second kappa shape index (κ2) is 6.48. The van der Waals surface area contributed by atoms with E-state index in [0.29, 0.717) is 24.4 Å². The van der Waals surface area contributed by atoms with E-state index in [1.807, 2.05) is 32.2 Å². The minimum atomic E-state index is -3.12. The Bertz CT molecular complexity index is 604. The summed E-state index contributed by atoms with van der Waals surface area (Å²) in [6.45, 7) is 6.78. The van der Waals surface area contributed by atoms with Crippen LogP contribution < -0.4 is 0 Å². The van der Waals surface area contributed by atoms with Gasteiger partial charge >= 0.3 is 0 Å². The van der Waals surface area contributed by atoms with Crippen LogP contribution in [0.4, 0.5) is 0 Å². The van der Waals surface area contributed by atoms with Crippen molar-refractivity contribution >= 4 is 27.1 Å². The van der Waals surface area contributed by atoms with Crippen LogP contribution in [0.5, 0.6) is 0 Å². The molecule has 0 N–H and O–H groups in total. The lowest BCUT2D eigenvalue weighted by Gasteiger charge is -2.32. The van der Waals surface area contributed by atoms with Crippen molar-refractivity contribution in [2.24, 2.45) is 5.92 Å². The number of amides is 1. The number of likely N-dealkylation sites (tertiary alicyclic amines) is 1. The predicted octanol–water partition coefficient (Wildman–Crippen LogP) is 2.73. The van der Waals surface area contributed by atoms with E-state index in [9.17, 15) is 13.2 Å². The molecule has 21 heavy (non-hydrogen) atoms. The molecular formula is C15H23NO3S2. The van der Waals surface area contributed by atoms with Crippen LogP contribution in [0.1, 0.15) is 41.9 Å². The Hall–Kier alpha value is -0.880. The molecular weight excluding hydrogens is 306 g/mol. The van der Waals surface area contributed by atoms with Crippen LogP contribution in [-0.4, -0.2) is 43.3 Å². The number of thiophene rings is 1. The lowest BCUT2D eigenvalue weighted by Crippen LogP contribution is -2.46. The predicted molar refractivity (Wildman–Crippen MR) is 86.6 cm³/mol. The van der Waals surface area contributed by atoms with Crippen molar-refractivity contribution in [3.8, 4) is 0 Å². The maximum atomic E-state index is 12.4. The number of hydrogen-bond donors (Lipinski definition) is 0. The van der Waals surface area contributed by atoms with E-state index >= 15 is 0 Å². The maximum absolute atomic E-state index is 12.4. The fraction of sp³-hybridized carbons (Fsp3) is 0.667. The van der Waals surface area contributed by atoms with Crippen LogP contribution in [0.25, 0.3) is 0 Å². The fourth-order valence-electron chi connectivity index (χ4n) is 2.72. The molecule has 1 aromatic heterocycles. The minimum Gasteiger partial charge on any atom is -0.337 e. The van der Waals surface area contributed by atoms with Crippen molar-refractivity contribution in [2.45, 2.75) is 38.9 Å². The molecule has 0 aliphatic carbocycles. The molecule has 1 saturated heterocycles. The molecule has 0 saturated carbocycles. The van der Waals surface area contributed by atoms with Crippen LogP contribution in [0.3, 0.4) is 0 Å². The zero-order valence-corrected chi connectivity index (χ0v) is 14.5. The number of carbonyl (C=O) groups is 1. The van der Waals surface area contributed by atoms with Crippen molar-refractivity contribution in [3.63, 3.8) is 0 Å². The van der Waals surface area contributed by atoms with Gasteiger partial charge in [0.1, 0.15) is 0 Å². The highest BCUT2D eigenvalue weighted by Gasteiger charge is 2.33. The monoisotopic (exact) mass is 329 g/mol. The summed E-state index contributed by atoms with van der Waals surface area (Å²) in [5, 5.41) is 1.54. The largest absolute Gasteiger partial charge is 0.337 e. The van der Waals surface area contributed by atoms with Gasteiger partial charge in [0.25, 0.3) is 5.91 Å². The molecule has 1 unspecified atom stereocenters. The number of carbonyl (C=O) groups excluding carboxylic acids is 1. The molecule has 1 aliphatic heterocycles. The summed E-state index contributed by atoms with van der Waals surface area (Å²) in [5.41, 5.74) is 1.07. The fourth-order valence-corrected chi connectivity index (χ4v) is 5.71. The molecule has 1 atom stereocenters. The summed E-state index contributed by atoms with van der Waals surface area (Å²) in [7, 11) is -3.12. The summed E-state index contributed by atoms with van der Waals surface area (Å²) >= 11 is 1.43. The van der Waals surface area contributed by atoms with Crippen molar-refractivity contribution in [1.29, 1.82) is 0 Å². The van der Waals surface area contributed by atoms with Crippen molar-refractivity contribution in [2.75, 3.05) is 18.8 Å². The van der Waals surface area contributed by atoms with Gasteiger partial charge < -0.3 is 4.90 Å². The van der Waals surface area contributed by atoms with E-state index in [0.717, 1.165) is 12.0 Å². The van der Waals surface area contributed by atoms with Gasteiger partial charge in [-0.25, -0.2) is 8.42 Å². The van der Waals surface area contributed by atoms with E-state index in [-0.39, 0.29) is 17.6 Å². The first kappa shape index (κ1) is 16.5. The second-order valence-electron chi connectivity index (χ2n) is 6.23. The number of aryl methyl sites for hydroxylation is 1. The average molecular weight is 329 g/mol. The summed E-state index contributed by atoms with van der Waals surface area (Å²) in [4.78, 5) is 14.9. The van der Waals surface area contributed by atoms with Gasteiger partial charge in [0.05, 0.1) is 15.9 Å². The molecule has 1 aliphatic rings. The third-order valence-corrected chi connectivity index (χ3v) is 7.25. The van der Waals surface area contributed by atoms with Gasteiger partial charge in [0.2, 0.25) is 0 Å². The summed E-state index contributed by atoms with van der Waals surface area (Å²) in [5.74, 6) is 0.302. The first-order valence-electron chi connectivity index (χ1n) is 7.35. The normalized spacial score (nSPS) is 20.0. The molecule has 0 spiro atoms. The SMILES string of the molecule is Cc1csc(C(=O)N2CCCC(S(=O)(=O)CC(C)C)C2)c1. The zero-order chi connectivity index (χ0) is 15.6. The van der Waals surface area contributed by atoms with Gasteiger partial charge in [-0.05, 0) is 42.7 Å². The highest BCUT2D eigenvalue weighted by atomic mass is 32.2. The van der Waals surface area contributed by atoms with Gasteiger partial charge in [-0.15, -0.1) is 11.3 Å². The summed E-state index contributed by atoms with van der Waals surface area (Å²) < 4.78 is 24.7. The highest BCUT2D eigenvalue weighted by molar-refractivity contribution is 7.92. The molecule has 0 radical (unpaired) electrons. The average Bonchev–Trinajstić information content (AvgIpc) is 2.83. The number of nitrogens with zero attached hydrogens (tertiary/aromatic N) is 1. The van der Waals surface area contributed by atoms with Gasteiger partial charge in [-0.3, -0.25) is 4.79 Å². The molecule has 2 heterocycles. The molecule has 0 bridgehead atoms. The van der Waals surface area contributed by atoms with Gasteiger partial charge in [-0.2, -0.15) is 0 Å². The molecule has 118 valence electrons. The number of rotatable bonds is 4. The Morgan fingerprint density at radius 3 is 2.76 bits per heavy atom. The summed E-state index contributed by atoms with van der Waals surface area (Å²) in [6.07, 6.45) is 1.43. The third-order valence-electron chi connectivity index (χ3n) is 3.68. The second-order valence-corrected chi connectivity index (χ2v) is 9.46. The Morgan fingerprint density at radius 1 is 1.48 bits per heavy atom. The van der Waals surface area contributed by atoms with Crippen LogP contribution in [0, 0.1) is 12.8 Å². The van der Waals surface area contributed by atoms with Crippen molar-refractivity contribution < 1.29 is 13.2 Å². The topological polar surface area (TPSA) is 54.5 Å². The van der Waals surface area contributed by atoms with Crippen molar-refractivity contribution in [1.82, 2.24) is 4.90 Å². The van der Waals surface area contributed by atoms with E-state index < -0.39 is 15.1 Å². The summed E-state index contributed by atoms with van der Waals surface area (Å²) in [6, 6.07) is 1.87. The molecule has 1 fully saturated rings. The van der Waals surface area contributed by atoms with Crippen LogP contribution in [-0.2, 0) is 9.84 Å².